The molecule has 8 heteroatoms. The molecule has 2 aromatic carbocycles. The van der Waals surface area contributed by atoms with Crippen molar-refractivity contribution in [2.75, 3.05) is 17.2 Å². The van der Waals surface area contributed by atoms with Gasteiger partial charge in [-0.2, -0.15) is 0 Å². The molecule has 27 heavy (non-hydrogen) atoms. The third-order valence-corrected chi connectivity index (χ3v) is 5.06. The Morgan fingerprint density at radius 3 is 2.78 bits per heavy atom. The number of aryl methyl sites for hydroxylation is 1. The van der Waals surface area contributed by atoms with Crippen LogP contribution in [0, 0.1) is 12.7 Å². The Morgan fingerprint density at radius 1 is 1.26 bits per heavy atom. The minimum Gasteiger partial charge on any atom is -0.452 e. The zero-order chi connectivity index (χ0) is 19.6. The molecule has 1 aliphatic heterocycles. The van der Waals surface area contributed by atoms with E-state index in [1.807, 2.05) is 0 Å². The molecule has 0 spiro atoms. The zero-order valence-electron chi connectivity index (χ0n) is 14.7. The zero-order valence-corrected chi connectivity index (χ0v) is 15.5. The van der Waals surface area contributed by atoms with Crippen molar-refractivity contribution in [1.29, 1.82) is 0 Å². The van der Waals surface area contributed by atoms with Gasteiger partial charge in [0.2, 0.25) is 5.91 Å². The van der Waals surface area contributed by atoms with Gasteiger partial charge in [0.25, 0.3) is 5.91 Å². The Morgan fingerprint density at radius 2 is 2.04 bits per heavy atom. The normalized spacial score (nSPS) is 15.5. The predicted octanol–water partition coefficient (Wildman–Crippen LogP) is 3.36. The number of carbonyl (C=O) groups is 3. The second kappa shape index (κ2) is 7.79. The summed E-state index contributed by atoms with van der Waals surface area (Å²) in [4.78, 5) is 36.6. The first-order valence-corrected chi connectivity index (χ1v) is 9.06. The summed E-state index contributed by atoms with van der Waals surface area (Å²) in [5.41, 5.74) is 1.48. The Bertz CT molecular complexity index is 932. The van der Waals surface area contributed by atoms with Crippen molar-refractivity contribution in [3.8, 4) is 0 Å². The fourth-order valence-electron chi connectivity index (χ4n) is 2.46. The minimum absolute atomic E-state index is 0.0179. The monoisotopic (exact) mass is 388 g/mol. The van der Waals surface area contributed by atoms with Crippen LogP contribution in [0.2, 0.25) is 0 Å². The fraction of sp³-hybridized carbons (Fsp3) is 0.211. The van der Waals surface area contributed by atoms with E-state index in [2.05, 4.69) is 10.6 Å². The minimum atomic E-state index is -0.713. The number of benzene rings is 2. The van der Waals surface area contributed by atoms with Crippen LogP contribution in [-0.2, 0) is 14.3 Å². The summed E-state index contributed by atoms with van der Waals surface area (Å²) in [6, 6.07) is 9.18. The second-order valence-corrected chi connectivity index (χ2v) is 7.45. The number of esters is 1. The van der Waals surface area contributed by atoms with Gasteiger partial charge in [-0.15, -0.1) is 11.8 Å². The number of nitrogens with one attached hydrogen (secondary N) is 2. The molecule has 0 saturated heterocycles. The van der Waals surface area contributed by atoms with Crippen LogP contribution in [0.15, 0.2) is 41.3 Å². The van der Waals surface area contributed by atoms with E-state index in [9.17, 15) is 18.8 Å². The third kappa shape index (κ3) is 4.46. The highest BCUT2D eigenvalue weighted by Gasteiger charge is 2.24. The summed E-state index contributed by atoms with van der Waals surface area (Å²) >= 11 is 1.40. The van der Waals surface area contributed by atoms with Crippen molar-refractivity contribution in [3.63, 3.8) is 0 Å². The molecule has 6 nitrogen and oxygen atoms in total. The van der Waals surface area contributed by atoms with E-state index in [4.69, 9.17) is 4.74 Å². The molecule has 1 atom stereocenters. The van der Waals surface area contributed by atoms with E-state index in [1.54, 1.807) is 32.0 Å². The molecular formula is C19H17FN2O4S. The lowest BCUT2D eigenvalue weighted by Crippen LogP contribution is -2.26. The molecule has 0 saturated carbocycles. The number of thioether (sulfide) groups is 1. The van der Waals surface area contributed by atoms with Crippen LogP contribution in [0.1, 0.15) is 22.8 Å². The average Bonchev–Trinajstić information content (AvgIpc) is 2.62. The Kier molecular flexibility index (Phi) is 5.46. The van der Waals surface area contributed by atoms with Crippen molar-refractivity contribution in [2.24, 2.45) is 0 Å². The Labute approximate surface area is 159 Å². The van der Waals surface area contributed by atoms with E-state index in [-0.39, 0.29) is 22.4 Å². The van der Waals surface area contributed by atoms with Crippen LogP contribution in [0.5, 0.6) is 0 Å². The lowest BCUT2D eigenvalue weighted by atomic mass is 10.2. The highest BCUT2D eigenvalue weighted by atomic mass is 32.2. The van der Waals surface area contributed by atoms with Gasteiger partial charge >= 0.3 is 5.97 Å². The van der Waals surface area contributed by atoms with E-state index in [0.29, 0.717) is 5.69 Å². The molecule has 2 N–H and O–H groups in total. The molecule has 3 rings (SSSR count). The summed E-state index contributed by atoms with van der Waals surface area (Å²) in [7, 11) is 0. The molecule has 0 radical (unpaired) electrons. The SMILES string of the molecule is Cc1ccc(NC(=O)COC(=O)c2ccc3c(c2)NC(=O)C(C)S3)c(F)c1. The molecule has 2 aromatic rings. The molecule has 1 unspecified atom stereocenters. The number of carbonyl (C=O) groups excluding carboxylic acids is 3. The maximum atomic E-state index is 13.7. The van der Waals surface area contributed by atoms with Crippen LogP contribution < -0.4 is 10.6 Å². The first-order chi connectivity index (χ1) is 12.8. The van der Waals surface area contributed by atoms with Gasteiger partial charge in [-0.1, -0.05) is 6.07 Å². The van der Waals surface area contributed by atoms with Crippen LogP contribution in [-0.4, -0.2) is 29.6 Å². The summed E-state index contributed by atoms with van der Waals surface area (Å²) in [5.74, 6) is -2.07. The van der Waals surface area contributed by atoms with E-state index in [1.165, 1.54) is 30.0 Å². The lowest BCUT2D eigenvalue weighted by molar-refractivity contribution is -0.119. The number of hydrogen-bond acceptors (Lipinski definition) is 5. The van der Waals surface area contributed by atoms with Gasteiger partial charge in [-0.25, -0.2) is 9.18 Å². The number of amides is 2. The molecular weight excluding hydrogens is 371 g/mol. The maximum absolute atomic E-state index is 13.7. The first kappa shape index (κ1) is 18.9. The smallest absolute Gasteiger partial charge is 0.338 e. The van der Waals surface area contributed by atoms with Gasteiger partial charge in [0.1, 0.15) is 5.82 Å². The molecule has 0 aromatic heterocycles. The molecule has 2 amide bonds. The molecule has 0 bridgehead atoms. The van der Waals surface area contributed by atoms with Crippen molar-refractivity contribution in [3.05, 3.63) is 53.3 Å². The van der Waals surface area contributed by atoms with Crippen molar-refractivity contribution < 1.29 is 23.5 Å². The Balaban J connectivity index is 1.60. The van der Waals surface area contributed by atoms with Crippen molar-refractivity contribution in [1.82, 2.24) is 0 Å². The second-order valence-electron chi connectivity index (χ2n) is 6.07. The topological polar surface area (TPSA) is 84.5 Å². The largest absolute Gasteiger partial charge is 0.452 e. The van der Waals surface area contributed by atoms with Crippen molar-refractivity contribution >= 4 is 40.9 Å². The van der Waals surface area contributed by atoms with Gasteiger partial charge < -0.3 is 15.4 Å². The fourth-order valence-corrected chi connectivity index (χ4v) is 3.39. The molecule has 0 fully saturated rings. The highest BCUT2D eigenvalue weighted by Crippen LogP contribution is 2.36. The highest BCUT2D eigenvalue weighted by molar-refractivity contribution is 8.00. The van der Waals surface area contributed by atoms with Crippen molar-refractivity contribution in [2.45, 2.75) is 24.0 Å². The predicted molar refractivity (Wildman–Crippen MR) is 100 cm³/mol. The summed E-state index contributed by atoms with van der Waals surface area (Å²) < 4.78 is 18.7. The Hall–Kier alpha value is -2.87. The number of anilines is 2. The lowest BCUT2D eigenvalue weighted by Gasteiger charge is -2.21. The molecule has 140 valence electrons. The van der Waals surface area contributed by atoms with E-state index >= 15 is 0 Å². The van der Waals surface area contributed by atoms with Gasteiger partial charge in [-0.05, 0) is 49.7 Å². The molecule has 0 aliphatic carbocycles. The number of halogens is 1. The number of fused-ring (bicyclic) bond motifs is 1. The molecule has 1 heterocycles. The van der Waals surface area contributed by atoms with E-state index in [0.717, 1.165) is 10.5 Å². The average molecular weight is 388 g/mol. The summed E-state index contributed by atoms with van der Waals surface area (Å²) in [6.07, 6.45) is 0. The van der Waals surface area contributed by atoms with Crippen LogP contribution in [0.3, 0.4) is 0 Å². The molecule has 1 aliphatic rings. The van der Waals surface area contributed by atoms with Crippen LogP contribution in [0.25, 0.3) is 0 Å². The third-order valence-electron chi connectivity index (χ3n) is 3.88. The van der Waals surface area contributed by atoms with Gasteiger partial charge in [-0.3, -0.25) is 9.59 Å². The number of hydrogen-bond donors (Lipinski definition) is 2. The van der Waals surface area contributed by atoms with Crippen LogP contribution in [0.4, 0.5) is 15.8 Å². The summed E-state index contributed by atoms with van der Waals surface area (Å²) in [5, 5.41) is 4.87. The quantitative estimate of drug-likeness (QED) is 0.785. The van der Waals surface area contributed by atoms with Crippen LogP contribution >= 0.6 is 11.8 Å². The van der Waals surface area contributed by atoms with Gasteiger partial charge in [0, 0.05) is 4.90 Å². The standard InChI is InChI=1S/C19H17FN2O4S/c1-10-3-5-14(13(20)7-10)21-17(23)9-26-19(25)12-4-6-16-15(8-12)22-18(24)11(2)27-16/h3-8,11H,9H2,1-2H3,(H,21,23)(H,22,24). The first-order valence-electron chi connectivity index (χ1n) is 8.18. The maximum Gasteiger partial charge on any atom is 0.338 e. The summed E-state index contributed by atoms with van der Waals surface area (Å²) in [6.45, 7) is 2.97. The number of ether oxygens (including phenoxy) is 1. The van der Waals surface area contributed by atoms with Gasteiger partial charge in [0.15, 0.2) is 6.61 Å². The van der Waals surface area contributed by atoms with Gasteiger partial charge in [0.05, 0.1) is 22.2 Å². The van der Waals surface area contributed by atoms with E-state index < -0.39 is 24.3 Å². The number of rotatable bonds is 4.